The van der Waals surface area contributed by atoms with Crippen LogP contribution >= 0.6 is 0 Å². The second kappa shape index (κ2) is 10.8. The number of nitrogens with one attached hydrogen (secondary N) is 1. The average molecular weight is 431 g/mol. The molecule has 0 saturated heterocycles. The summed E-state index contributed by atoms with van der Waals surface area (Å²) in [5.41, 5.74) is 3.82. The Morgan fingerprint density at radius 2 is 1.62 bits per heavy atom. The standard InChI is InChI=1S/C27H30N2O3/c1-31-19-10-18-29-26(28-24-16-7-5-14-22(24)27(29)30)23-15-6-8-17-25(23)32-20-9-13-21-11-3-2-4-12-21/h2-8,11-12,14-17,26,28H,9-10,13,18-20H2,1H3. The van der Waals surface area contributed by atoms with Crippen molar-refractivity contribution in [2.45, 2.75) is 25.4 Å². The second-order valence-corrected chi connectivity index (χ2v) is 7.91. The number of carbonyl (C=O) groups is 1. The van der Waals surface area contributed by atoms with Gasteiger partial charge in [-0.1, -0.05) is 60.7 Å². The van der Waals surface area contributed by atoms with Gasteiger partial charge in [0.25, 0.3) is 5.91 Å². The van der Waals surface area contributed by atoms with Crippen LogP contribution in [0.15, 0.2) is 78.9 Å². The summed E-state index contributed by atoms with van der Waals surface area (Å²) in [5, 5.41) is 3.56. The van der Waals surface area contributed by atoms with Crippen molar-refractivity contribution in [3.8, 4) is 5.75 Å². The van der Waals surface area contributed by atoms with Gasteiger partial charge in [-0.3, -0.25) is 4.79 Å². The van der Waals surface area contributed by atoms with Gasteiger partial charge in [0.2, 0.25) is 0 Å². The number of ether oxygens (including phenoxy) is 2. The summed E-state index contributed by atoms with van der Waals surface area (Å²) < 4.78 is 11.4. The number of para-hydroxylation sites is 2. The van der Waals surface area contributed by atoms with Gasteiger partial charge in [-0.15, -0.1) is 0 Å². The first-order valence-electron chi connectivity index (χ1n) is 11.2. The van der Waals surface area contributed by atoms with Gasteiger partial charge in [-0.05, 0) is 43.0 Å². The summed E-state index contributed by atoms with van der Waals surface area (Å²) in [7, 11) is 1.68. The number of methoxy groups -OCH3 is 1. The molecule has 5 heteroatoms. The molecule has 1 N–H and O–H groups in total. The zero-order valence-electron chi connectivity index (χ0n) is 18.5. The van der Waals surface area contributed by atoms with E-state index >= 15 is 0 Å². The van der Waals surface area contributed by atoms with Gasteiger partial charge in [0.05, 0.1) is 12.2 Å². The minimum Gasteiger partial charge on any atom is -0.493 e. The maximum absolute atomic E-state index is 13.3. The number of nitrogens with zero attached hydrogens (tertiary/aromatic N) is 1. The van der Waals surface area contributed by atoms with Crippen LogP contribution < -0.4 is 10.1 Å². The molecule has 166 valence electrons. The second-order valence-electron chi connectivity index (χ2n) is 7.91. The van der Waals surface area contributed by atoms with Crippen LogP contribution in [0.1, 0.15) is 40.5 Å². The summed E-state index contributed by atoms with van der Waals surface area (Å²) >= 11 is 0. The smallest absolute Gasteiger partial charge is 0.257 e. The molecule has 0 bridgehead atoms. The van der Waals surface area contributed by atoms with Crippen molar-refractivity contribution in [1.29, 1.82) is 0 Å². The fourth-order valence-corrected chi connectivity index (χ4v) is 4.09. The van der Waals surface area contributed by atoms with Crippen molar-refractivity contribution in [1.82, 2.24) is 4.90 Å². The first kappa shape index (κ1) is 21.9. The Hall–Kier alpha value is -3.31. The Kier molecular flexibility index (Phi) is 7.41. The Morgan fingerprint density at radius 1 is 0.875 bits per heavy atom. The lowest BCUT2D eigenvalue weighted by Crippen LogP contribution is -2.43. The highest BCUT2D eigenvalue weighted by molar-refractivity contribution is 6.01. The SMILES string of the molecule is COCCCN1C(=O)c2ccccc2NC1c1ccccc1OCCCc1ccccc1. The van der Waals surface area contributed by atoms with Gasteiger partial charge >= 0.3 is 0 Å². The number of carbonyl (C=O) groups excluding carboxylic acids is 1. The third-order valence-electron chi connectivity index (χ3n) is 5.69. The molecule has 0 aliphatic carbocycles. The fraction of sp³-hybridized carbons (Fsp3) is 0.296. The molecule has 5 nitrogen and oxygen atoms in total. The number of amides is 1. The summed E-state index contributed by atoms with van der Waals surface area (Å²) in [5.74, 6) is 0.835. The third-order valence-corrected chi connectivity index (χ3v) is 5.69. The monoisotopic (exact) mass is 430 g/mol. The van der Waals surface area contributed by atoms with E-state index in [1.165, 1.54) is 5.56 Å². The lowest BCUT2D eigenvalue weighted by Gasteiger charge is -2.38. The number of fused-ring (bicyclic) bond motifs is 1. The molecule has 3 aromatic rings. The Balaban J connectivity index is 1.52. The van der Waals surface area contributed by atoms with Crippen LogP contribution in [-0.4, -0.2) is 37.7 Å². The molecule has 0 aromatic heterocycles. The predicted molar refractivity (Wildman–Crippen MR) is 127 cm³/mol. The lowest BCUT2D eigenvalue weighted by atomic mass is 10.0. The van der Waals surface area contributed by atoms with E-state index in [2.05, 4.69) is 29.6 Å². The lowest BCUT2D eigenvalue weighted by molar-refractivity contribution is 0.0657. The van der Waals surface area contributed by atoms with Crippen molar-refractivity contribution in [2.75, 3.05) is 32.2 Å². The molecular formula is C27H30N2O3. The van der Waals surface area contributed by atoms with E-state index in [0.717, 1.165) is 36.3 Å². The first-order chi connectivity index (χ1) is 15.8. The molecule has 1 unspecified atom stereocenters. The topological polar surface area (TPSA) is 50.8 Å². The van der Waals surface area contributed by atoms with Crippen LogP contribution in [0.5, 0.6) is 5.75 Å². The maximum atomic E-state index is 13.3. The van der Waals surface area contributed by atoms with Crippen molar-refractivity contribution >= 4 is 11.6 Å². The van der Waals surface area contributed by atoms with E-state index in [0.29, 0.717) is 25.3 Å². The maximum Gasteiger partial charge on any atom is 0.257 e. The largest absolute Gasteiger partial charge is 0.493 e. The van der Waals surface area contributed by atoms with Gasteiger partial charge in [-0.2, -0.15) is 0 Å². The van der Waals surface area contributed by atoms with Gasteiger partial charge in [0.15, 0.2) is 0 Å². The number of hydrogen-bond acceptors (Lipinski definition) is 4. The molecule has 1 aliphatic heterocycles. The van der Waals surface area contributed by atoms with E-state index in [1.807, 2.05) is 59.5 Å². The van der Waals surface area contributed by atoms with E-state index in [4.69, 9.17) is 9.47 Å². The summed E-state index contributed by atoms with van der Waals surface area (Å²) in [6.45, 7) is 1.82. The number of hydrogen-bond donors (Lipinski definition) is 1. The molecule has 1 atom stereocenters. The van der Waals surface area contributed by atoms with E-state index in [9.17, 15) is 4.79 Å². The van der Waals surface area contributed by atoms with Crippen LogP contribution in [0.2, 0.25) is 0 Å². The molecular weight excluding hydrogens is 400 g/mol. The molecule has 0 radical (unpaired) electrons. The molecule has 1 heterocycles. The summed E-state index contributed by atoms with van der Waals surface area (Å²) in [6, 6.07) is 26.1. The highest BCUT2D eigenvalue weighted by atomic mass is 16.5. The zero-order chi connectivity index (χ0) is 22.2. The molecule has 0 spiro atoms. The van der Waals surface area contributed by atoms with Gasteiger partial charge in [0, 0.05) is 31.5 Å². The minimum absolute atomic E-state index is 0.0272. The van der Waals surface area contributed by atoms with E-state index in [-0.39, 0.29) is 12.1 Å². The Bertz CT molecular complexity index is 1020. The van der Waals surface area contributed by atoms with Crippen LogP contribution in [0.3, 0.4) is 0 Å². The van der Waals surface area contributed by atoms with Crippen LogP contribution in [0, 0.1) is 0 Å². The highest BCUT2D eigenvalue weighted by Crippen LogP contribution is 2.36. The van der Waals surface area contributed by atoms with Crippen LogP contribution in [0.4, 0.5) is 5.69 Å². The Morgan fingerprint density at radius 3 is 2.47 bits per heavy atom. The quantitative estimate of drug-likeness (QED) is 0.444. The van der Waals surface area contributed by atoms with Crippen molar-refractivity contribution in [3.63, 3.8) is 0 Å². The zero-order valence-corrected chi connectivity index (χ0v) is 18.5. The van der Waals surface area contributed by atoms with Gasteiger partial charge in [-0.25, -0.2) is 0 Å². The van der Waals surface area contributed by atoms with Crippen LogP contribution in [0.25, 0.3) is 0 Å². The number of rotatable bonds is 10. The van der Waals surface area contributed by atoms with Crippen molar-refractivity contribution < 1.29 is 14.3 Å². The normalized spacial score (nSPS) is 15.2. The number of aryl methyl sites for hydroxylation is 1. The predicted octanol–water partition coefficient (Wildman–Crippen LogP) is 5.30. The average Bonchev–Trinajstić information content (AvgIpc) is 2.84. The van der Waals surface area contributed by atoms with Crippen LogP contribution in [-0.2, 0) is 11.2 Å². The molecule has 0 saturated carbocycles. The molecule has 3 aromatic carbocycles. The molecule has 1 amide bonds. The van der Waals surface area contributed by atoms with E-state index in [1.54, 1.807) is 7.11 Å². The third kappa shape index (κ3) is 5.11. The fourth-order valence-electron chi connectivity index (χ4n) is 4.09. The highest BCUT2D eigenvalue weighted by Gasteiger charge is 2.33. The van der Waals surface area contributed by atoms with Gasteiger partial charge < -0.3 is 19.7 Å². The number of benzene rings is 3. The summed E-state index contributed by atoms with van der Waals surface area (Å²) in [4.78, 5) is 15.2. The van der Waals surface area contributed by atoms with Crippen molar-refractivity contribution in [3.05, 3.63) is 95.6 Å². The molecule has 1 aliphatic rings. The summed E-state index contributed by atoms with van der Waals surface area (Å²) in [6.07, 6.45) is 2.37. The van der Waals surface area contributed by atoms with Gasteiger partial charge in [0.1, 0.15) is 11.9 Å². The minimum atomic E-state index is -0.292. The molecule has 0 fully saturated rings. The first-order valence-corrected chi connectivity index (χ1v) is 11.2. The molecule has 32 heavy (non-hydrogen) atoms. The molecule has 4 rings (SSSR count). The van der Waals surface area contributed by atoms with E-state index < -0.39 is 0 Å². The number of anilines is 1. The Labute approximate surface area is 190 Å². The van der Waals surface area contributed by atoms with Crippen molar-refractivity contribution in [2.24, 2.45) is 0 Å².